The number of allylic oxidation sites excluding steroid dienone is 1. The van der Waals surface area contributed by atoms with Crippen molar-refractivity contribution in [2.75, 3.05) is 36.0 Å². The van der Waals surface area contributed by atoms with Crippen LogP contribution < -0.4 is 15.1 Å². The predicted octanol–water partition coefficient (Wildman–Crippen LogP) is 2.40. The van der Waals surface area contributed by atoms with Gasteiger partial charge in [0.05, 0.1) is 24.5 Å². The van der Waals surface area contributed by atoms with Crippen molar-refractivity contribution in [2.45, 2.75) is 32.8 Å². The first-order chi connectivity index (χ1) is 13.3. The zero-order chi connectivity index (χ0) is 20.3. The quantitative estimate of drug-likeness (QED) is 0.783. The minimum atomic E-state index is -0.556. The Kier molecular flexibility index (Phi) is 5.96. The Labute approximate surface area is 163 Å². The number of nitrogens with zero attached hydrogens (tertiary/aromatic N) is 2. The standard InChI is InChI=1S/C20H24FN3O4/c1-13(25)9-15-5-7-23(8-6-15)19-4-3-16(10-18(19)21)24-12-17(28-20(24)27)11-22-14(2)26/h3-4,9-10,17H,5-8,11-12H2,1-2H3,(H,22,26)/t17-/m0/s1. The van der Waals surface area contributed by atoms with Crippen molar-refractivity contribution in [3.8, 4) is 0 Å². The van der Waals surface area contributed by atoms with Gasteiger partial charge in [0.25, 0.3) is 0 Å². The number of rotatable bonds is 5. The van der Waals surface area contributed by atoms with Crippen LogP contribution in [0.2, 0.25) is 0 Å². The Morgan fingerprint density at radius 1 is 1.29 bits per heavy atom. The number of benzene rings is 1. The van der Waals surface area contributed by atoms with Gasteiger partial charge in [-0.25, -0.2) is 9.18 Å². The number of carbonyl (C=O) groups excluding carboxylic acids is 3. The minimum Gasteiger partial charge on any atom is -0.442 e. The van der Waals surface area contributed by atoms with Crippen LogP contribution in [0.3, 0.4) is 0 Å². The molecule has 28 heavy (non-hydrogen) atoms. The number of ether oxygens (including phenoxy) is 1. The van der Waals surface area contributed by atoms with Crippen molar-refractivity contribution in [1.29, 1.82) is 0 Å². The monoisotopic (exact) mass is 389 g/mol. The molecular formula is C20H24FN3O4. The number of hydrogen-bond acceptors (Lipinski definition) is 5. The maximum Gasteiger partial charge on any atom is 0.414 e. The van der Waals surface area contributed by atoms with E-state index in [1.165, 1.54) is 24.8 Å². The summed E-state index contributed by atoms with van der Waals surface area (Å²) in [5.74, 6) is -0.573. The highest BCUT2D eigenvalue weighted by Crippen LogP contribution is 2.30. The highest BCUT2D eigenvalue weighted by molar-refractivity contribution is 5.90. The normalized spacial score (nSPS) is 19.5. The van der Waals surface area contributed by atoms with Gasteiger partial charge in [-0.2, -0.15) is 0 Å². The van der Waals surface area contributed by atoms with E-state index in [4.69, 9.17) is 4.74 Å². The topological polar surface area (TPSA) is 79.0 Å². The second-order valence-corrected chi connectivity index (χ2v) is 7.09. The molecule has 7 nitrogen and oxygen atoms in total. The number of cyclic esters (lactones) is 1. The van der Waals surface area contributed by atoms with Crippen LogP contribution in [0, 0.1) is 5.82 Å². The number of halogens is 1. The zero-order valence-electron chi connectivity index (χ0n) is 16.0. The first kappa shape index (κ1) is 19.9. The molecule has 150 valence electrons. The van der Waals surface area contributed by atoms with Crippen LogP contribution in [0.15, 0.2) is 29.8 Å². The summed E-state index contributed by atoms with van der Waals surface area (Å²) in [5, 5.41) is 2.61. The van der Waals surface area contributed by atoms with Crippen LogP contribution in [0.4, 0.5) is 20.6 Å². The van der Waals surface area contributed by atoms with Gasteiger partial charge in [-0.15, -0.1) is 0 Å². The fourth-order valence-electron chi connectivity index (χ4n) is 3.48. The Bertz CT molecular complexity index is 814. The van der Waals surface area contributed by atoms with Crippen molar-refractivity contribution in [3.05, 3.63) is 35.7 Å². The molecular weight excluding hydrogens is 365 g/mol. The summed E-state index contributed by atoms with van der Waals surface area (Å²) in [6.07, 6.45) is 2.09. The molecule has 0 aromatic heterocycles. The van der Waals surface area contributed by atoms with Crippen LogP contribution in [-0.2, 0) is 14.3 Å². The molecule has 0 saturated carbocycles. The van der Waals surface area contributed by atoms with Crippen LogP contribution in [0.5, 0.6) is 0 Å². The van der Waals surface area contributed by atoms with E-state index in [2.05, 4.69) is 5.32 Å². The molecule has 0 aliphatic carbocycles. The molecule has 2 heterocycles. The van der Waals surface area contributed by atoms with Gasteiger partial charge < -0.3 is 15.0 Å². The van der Waals surface area contributed by atoms with Crippen molar-refractivity contribution in [1.82, 2.24) is 5.32 Å². The first-order valence-corrected chi connectivity index (χ1v) is 9.30. The van der Waals surface area contributed by atoms with Crippen LogP contribution in [0.1, 0.15) is 26.7 Å². The van der Waals surface area contributed by atoms with Gasteiger partial charge in [0.2, 0.25) is 5.91 Å². The molecule has 2 aliphatic rings. The number of carbonyl (C=O) groups is 3. The molecule has 0 bridgehead atoms. The Morgan fingerprint density at radius 3 is 2.61 bits per heavy atom. The van der Waals surface area contributed by atoms with Crippen molar-refractivity contribution in [3.63, 3.8) is 0 Å². The lowest BCUT2D eigenvalue weighted by atomic mass is 10.0. The van der Waals surface area contributed by atoms with Gasteiger partial charge in [0.1, 0.15) is 11.9 Å². The minimum absolute atomic E-state index is 0.0355. The zero-order valence-corrected chi connectivity index (χ0v) is 16.0. The number of piperidine rings is 1. The number of ketones is 1. The maximum atomic E-state index is 14.7. The molecule has 0 radical (unpaired) electrons. The van der Waals surface area contributed by atoms with E-state index >= 15 is 0 Å². The molecule has 2 saturated heterocycles. The number of anilines is 2. The summed E-state index contributed by atoms with van der Waals surface area (Å²) in [7, 11) is 0. The van der Waals surface area contributed by atoms with Crippen molar-refractivity contribution < 1.29 is 23.5 Å². The summed E-state index contributed by atoms with van der Waals surface area (Å²) in [4.78, 5) is 37.6. The molecule has 2 fully saturated rings. The molecule has 1 N–H and O–H groups in total. The third-order valence-corrected chi connectivity index (χ3v) is 4.85. The maximum absolute atomic E-state index is 14.7. The van der Waals surface area contributed by atoms with E-state index < -0.39 is 18.0 Å². The lowest BCUT2D eigenvalue weighted by Gasteiger charge is -2.31. The Balaban J connectivity index is 1.65. The summed E-state index contributed by atoms with van der Waals surface area (Å²) in [5.41, 5.74) is 1.99. The number of amides is 2. The third kappa shape index (κ3) is 4.68. The van der Waals surface area contributed by atoms with E-state index in [1.807, 2.05) is 4.90 Å². The second kappa shape index (κ2) is 8.41. The van der Waals surface area contributed by atoms with E-state index in [0.717, 1.165) is 18.4 Å². The SMILES string of the molecule is CC(=O)C=C1CCN(c2ccc(N3C[C@H](CNC(C)=O)OC3=O)cc2F)CC1. The van der Waals surface area contributed by atoms with Crippen LogP contribution >= 0.6 is 0 Å². The second-order valence-electron chi connectivity index (χ2n) is 7.09. The third-order valence-electron chi connectivity index (χ3n) is 4.85. The smallest absolute Gasteiger partial charge is 0.414 e. The molecule has 3 rings (SSSR count). The summed E-state index contributed by atoms with van der Waals surface area (Å²) in [6, 6.07) is 4.69. The Morgan fingerprint density at radius 2 is 2.00 bits per heavy atom. The van der Waals surface area contributed by atoms with E-state index in [0.29, 0.717) is 24.5 Å². The highest BCUT2D eigenvalue weighted by Gasteiger charge is 2.33. The van der Waals surface area contributed by atoms with Gasteiger partial charge in [0, 0.05) is 20.0 Å². The van der Waals surface area contributed by atoms with Crippen molar-refractivity contribution in [2.24, 2.45) is 0 Å². The van der Waals surface area contributed by atoms with Crippen LogP contribution in [0.25, 0.3) is 0 Å². The largest absolute Gasteiger partial charge is 0.442 e. The van der Waals surface area contributed by atoms with Gasteiger partial charge >= 0.3 is 6.09 Å². The molecule has 2 aliphatic heterocycles. The van der Waals surface area contributed by atoms with Crippen molar-refractivity contribution >= 4 is 29.2 Å². The summed E-state index contributed by atoms with van der Waals surface area (Å²) < 4.78 is 19.9. The fraction of sp³-hybridized carbons (Fsp3) is 0.450. The van der Waals surface area contributed by atoms with Gasteiger partial charge in [-0.3, -0.25) is 14.5 Å². The van der Waals surface area contributed by atoms with E-state index in [9.17, 15) is 18.8 Å². The molecule has 1 aromatic rings. The van der Waals surface area contributed by atoms with Gasteiger partial charge in [-0.05, 0) is 44.0 Å². The highest BCUT2D eigenvalue weighted by atomic mass is 19.1. The van der Waals surface area contributed by atoms with E-state index in [1.54, 1.807) is 18.2 Å². The van der Waals surface area contributed by atoms with Gasteiger partial charge in [0.15, 0.2) is 5.78 Å². The summed E-state index contributed by atoms with van der Waals surface area (Å²) >= 11 is 0. The Hall–Kier alpha value is -2.90. The molecule has 0 unspecified atom stereocenters. The average molecular weight is 389 g/mol. The lowest BCUT2D eigenvalue weighted by Crippen LogP contribution is -2.33. The van der Waals surface area contributed by atoms with Crippen LogP contribution in [-0.4, -0.2) is 50.1 Å². The molecule has 0 spiro atoms. The molecule has 8 heteroatoms. The molecule has 2 amide bonds. The van der Waals surface area contributed by atoms with E-state index in [-0.39, 0.29) is 24.8 Å². The predicted molar refractivity (Wildman–Crippen MR) is 103 cm³/mol. The fourth-order valence-corrected chi connectivity index (χ4v) is 3.48. The molecule has 1 atom stereocenters. The molecule has 1 aromatic carbocycles. The number of hydrogen-bond donors (Lipinski definition) is 1. The average Bonchev–Trinajstić information content (AvgIpc) is 3.01. The lowest BCUT2D eigenvalue weighted by molar-refractivity contribution is -0.119. The van der Waals surface area contributed by atoms with Gasteiger partial charge in [-0.1, -0.05) is 5.57 Å². The first-order valence-electron chi connectivity index (χ1n) is 9.30. The summed E-state index contributed by atoms with van der Waals surface area (Å²) in [6.45, 7) is 4.67. The number of nitrogens with one attached hydrogen (secondary N) is 1.